The van der Waals surface area contributed by atoms with Crippen molar-refractivity contribution in [2.75, 3.05) is 7.11 Å². The standard InChI is InChI=1S/C27H22N2O2/c1-31-23-15-16-26-21(18-23)17-22-13-8-14-24(29(22)26)27(25(30)28-26,19-9-4-2-5-10-19)20-11-6-3-7-12-20/h2-16,18,21H,17H2,1H3/p+1. The lowest BCUT2D eigenvalue weighted by Gasteiger charge is -2.42. The highest BCUT2D eigenvalue weighted by Gasteiger charge is 2.66. The number of methoxy groups -OCH3 is 1. The fourth-order valence-electron chi connectivity index (χ4n) is 5.66. The van der Waals surface area contributed by atoms with E-state index >= 15 is 0 Å². The summed E-state index contributed by atoms with van der Waals surface area (Å²) < 4.78 is 7.84. The number of carbonyl (C=O) groups excluding carboxylic acids is 1. The fourth-order valence-corrected chi connectivity index (χ4v) is 5.66. The zero-order chi connectivity index (χ0) is 21.1. The molecule has 31 heavy (non-hydrogen) atoms. The van der Waals surface area contributed by atoms with E-state index in [9.17, 15) is 4.79 Å². The van der Waals surface area contributed by atoms with E-state index in [1.54, 1.807) is 7.11 Å². The molecular formula is C27H23N2O2+. The predicted octanol–water partition coefficient (Wildman–Crippen LogP) is 3.36. The van der Waals surface area contributed by atoms with Crippen molar-refractivity contribution < 1.29 is 14.1 Å². The van der Waals surface area contributed by atoms with Gasteiger partial charge in [-0.2, -0.15) is 4.57 Å². The molecule has 1 aliphatic carbocycles. The quantitative estimate of drug-likeness (QED) is 0.677. The van der Waals surface area contributed by atoms with Crippen molar-refractivity contribution in [1.29, 1.82) is 0 Å². The summed E-state index contributed by atoms with van der Waals surface area (Å²) in [5.74, 6) is 0.928. The molecule has 4 heteroatoms. The van der Waals surface area contributed by atoms with Gasteiger partial charge in [0.15, 0.2) is 11.1 Å². The highest BCUT2D eigenvalue weighted by Crippen LogP contribution is 2.46. The summed E-state index contributed by atoms with van der Waals surface area (Å²) in [7, 11) is 1.68. The lowest BCUT2D eigenvalue weighted by Crippen LogP contribution is -2.76. The Bertz CT molecular complexity index is 1210. The summed E-state index contributed by atoms with van der Waals surface area (Å²) in [6.45, 7) is 0. The van der Waals surface area contributed by atoms with Gasteiger partial charge in [-0.15, -0.1) is 0 Å². The highest BCUT2D eigenvalue weighted by molar-refractivity contribution is 5.96. The lowest BCUT2D eigenvalue weighted by molar-refractivity contribution is -0.765. The Morgan fingerprint density at radius 1 is 0.935 bits per heavy atom. The van der Waals surface area contributed by atoms with Gasteiger partial charge in [-0.25, -0.2) is 0 Å². The number of nitrogens with zero attached hydrogens (tertiary/aromatic N) is 1. The molecule has 1 spiro atoms. The van der Waals surface area contributed by atoms with E-state index in [1.165, 1.54) is 5.69 Å². The number of carbonyl (C=O) groups is 1. The van der Waals surface area contributed by atoms with Gasteiger partial charge in [0.05, 0.1) is 13.0 Å². The Morgan fingerprint density at radius 2 is 1.61 bits per heavy atom. The van der Waals surface area contributed by atoms with Crippen molar-refractivity contribution >= 4 is 5.91 Å². The number of benzene rings is 2. The molecule has 3 aliphatic rings. The first-order valence-corrected chi connectivity index (χ1v) is 10.6. The van der Waals surface area contributed by atoms with Crippen LogP contribution < -0.4 is 9.88 Å². The Kier molecular flexibility index (Phi) is 3.75. The number of rotatable bonds is 3. The van der Waals surface area contributed by atoms with Crippen molar-refractivity contribution in [3.05, 3.63) is 125 Å². The Hall–Kier alpha value is -3.66. The Labute approximate surface area is 181 Å². The summed E-state index contributed by atoms with van der Waals surface area (Å²) in [6.07, 6.45) is 7.03. The maximum absolute atomic E-state index is 14.3. The molecule has 1 amide bonds. The molecule has 0 bridgehead atoms. The summed E-state index contributed by atoms with van der Waals surface area (Å²) in [6, 6.07) is 26.5. The van der Waals surface area contributed by atoms with Crippen molar-refractivity contribution in [2.24, 2.45) is 5.92 Å². The Morgan fingerprint density at radius 3 is 2.26 bits per heavy atom. The van der Waals surface area contributed by atoms with Crippen LogP contribution in [0.15, 0.2) is 103 Å². The molecule has 0 saturated heterocycles. The van der Waals surface area contributed by atoms with E-state index in [0.29, 0.717) is 0 Å². The number of allylic oxidation sites excluding steroid dienone is 1. The number of pyridine rings is 1. The Balaban J connectivity index is 1.69. The average Bonchev–Trinajstić information content (AvgIpc) is 3.14. The number of aromatic nitrogens is 1. The number of hydrogen-bond donors (Lipinski definition) is 1. The van der Waals surface area contributed by atoms with Gasteiger partial charge in [-0.05, 0) is 29.3 Å². The van der Waals surface area contributed by atoms with Crippen LogP contribution in [0, 0.1) is 5.92 Å². The predicted molar refractivity (Wildman–Crippen MR) is 117 cm³/mol. The second-order valence-electron chi connectivity index (χ2n) is 8.42. The van der Waals surface area contributed by atoms with Crippen LogP contribution in [0.4, 0.5) is 0 Å². The molecule has 2 unspecified atom stereocenters. The van der Waals surface area contributed by atoms with Gasteiger partial charge in [0.25, 0.3) is 11.6 Å². The topological polar surface area (TPSA) is 42.2 Å². The van der Waals surface area contributed by atoms with Crippen LogP contribution in [0.2, 0.25) is 0 Å². The van der Waals surface area contributed by atoms with E-state index in [-0.39, 0.29) is 11.8 Å². The minimum Gasteiger partial charge on any atom is -0.497 e. The smallest absolute Gasteiger partial charge is 0.270 e. The molecule has 2 aromatic carbocycles. The van der Waals surface area contributed by atoms with Crippen LogP contribution in [0.3, 0.4) is 0 Å². The molecule has 0 saturated carbocycles. The van der Waals surface area contributed by atoms with Gasteiger partial charge in [0.2, 0.25) is 5.69 Å². The SMILES string of the molecule is COC1=CC2Cc3cccc4[n+]3C2(C=C1)NC(=O)C4(c1ccccc1)c1ccccc1. The third kappa shape index (κ3) is 2.25. The molecule has 1 aromatic heterocycles. The average molecular weight is 407 g/mol. The lowest BCUT2D eigenvalue weighted by atomic mass is 9.68. The maximum atomic E-state index is 14.3. The summed E-state index contributed by atoms with van der Waals surface area (Å²) in [5, 5.41) is 3.46. The maximum Gasteiger partial charge on any atom is 0.270 e. The molecule has 0 fully saturated rings. The number of hydrogen-bond acceptors (Lipinski definition) is 2. The van der Waals surface area contributed by atoms with E-state index in [0.717, 1.165) is 29.0 Å². The highest BCUT2D eigenvalue weighted by atomic mass is 16.5. The molecular weight excluding hydrogens is 384 g/mol. The van der Waals surface area contributed by atoms with Crippen LogP contribution >= 0.6 is 0 Å². The van der Waals surface area contributed by atoms with E-state index < -0.39 is 11.1 Å². The first kappa shape index (κ1) is 18.1. The molecule has 2 atom stereocenters. The molecule has 2 aliphatic heterocycles. The third-order valence-electron chi connectivity index (χ3n) is 6.99. The van der Waals surface area contributed by atoms with E-state index in [1.807, 2.05) is 42.5 Å². The van der Waals surface area contributed by atoms with E-state index in [2.05, 4.69) is 64.5 Å². The first-order chi connectivity index (χ1) is 15.2. The van der Waals surface area contributed by atoms with Crippen LogP contribution in [-0.4, -0.2) is 13.0 Å². The third-order valence-corrected chi connectivity index (χ3v) is 6.99. The van der Waals surface area contributed by atoms with Crippen molar-refractivity contribution in [2.45, 2.75) is 17.5 Å². The summed E-state index contributed by atoms with van der Waals surface area (Å²) >= 11 is 0. The largest absolute Gasteiger partial charge is 0.497 e. The number of amides is 1. The molecule has 3 heterocycles. The molecule has 152 valence electrons. The summed E-state index contributed by atoms with van der Waals surface area (Å²) in [4.78, 5) is 14.3. The normalized spacial score (nSPS) is 24.6. The number of ether oxygens (including phenoxy) is 1. The molecule has 4 nitrogen and oxygen atoms in total. The summed E-state index contributed by atoms with van der Waals surface area (Å²) in [5.41, 5.74) is 2.58. The monoisotopic (exact) mass is 407 g/mol. The van der Waals surface area contributed by atoms with Crippen LogP contribution in [0.25, 0.3) is 0 Å². The van der Waals surface area contributed by atoms with Crippen LogP contribution in [-0.2, 0) is 27.0 Å². The van der Waals surface area contributed by atoms with Crippen LogP contribution in [0.5, 0.6) is 0 Å². The van der Waals surface area contributed by atoms with Crippen molar-refractivity contribution in [1.82, 2.24) is 5.32 Å². The second-order valence-corrected chi connectivity index (χ2v) is 8.42. The molecule has 6 rings (SSSR count). The van der Waals surface area contributed by atoms with Gasteiger partial charge in [0.1, 0.15) is 5.76 Å². The van der Waals surface area contributed by atoms with E-state index in [4.69, 9.17) is 4.74 Å². The van der Waals surface area contributed by atoms with Gasteiger partial charge in [0, 0.05) is 24.6 Å². The number of nitrogens with one attached hydrogen (secondary N) is 1. The van der Waals surface area contributed by atoms with Gasteiger partial charge in [-0.3, -0.25) is 10.1 Å². The zero-order valence-corrected chi connectivity index (χ0v) is 17.3. The minimum absolute atomic E-state index is 0.00660. The molecule has 0 radical (unpaired) electrons. The fraction of sp³-hybridized carbons (Fsp3) is 0.185. The van der Waals surface area contributed by atoms with Gasteiger partial charge in [-0.1, -0.05) is 60.7 Å². The zero-order valence-electron chi connectivity index (χ0n) is 17.3. The van der Waals surface area contributed by atoms with Crippen molar-refractivity contribution in [3.63, 3.8) is 0 Å². The molecule has 1 N–H and O–H groups in total. The first-order valence-electron chi connectivity index (χ1n) is 10.6. The minimum atomic E-state index is -0.933. The van der Waals surface area contributed by atoms with Gasteiger partial charge >= 0.3 is 0 Å². The molecule has 3 aromatic rings. The van der Waals surface area contributed by atoms with Gasteiger partial charge < -0.3 is 4.74 Å². The van der Waals surface area contributed by atoms with Crippen molar-refractivity contribution in [3.8, 4) is 0 Å². The van der Waals surface area contributed by atoms with Crippen LogP contribution in [0.1, 0.15) is 22.5 Å². The second kappa shape index (κ2) is 6.42.